The first-order valence-corrected chi connectivity index (χ1v) is 8.40. The molecule has 0 aromatic heterocycles. The third kappa shape index (κ3) is 6.21. The van der Waals surface area contributed by atoms with E-state index in [1.807, 2.05) is 0 Å². The quantitative estimate of drug-likeness (QED) is 0.717. The van der Waals surface area contributed by atoms with E-state index in [4.69, 9.17) is 0 Å². The van der Waals surface area contributed by atoms with Crippen molar-refractivity contribution >= 4 is 21.7 Å². The molecule has 0 radical (unpaired) electrons. The number of benzene rings is 1. The van der Waals surface area contributed by atoms with E-state index in [9.17, 15) is 22.4 Å². The molecule has 0 spiro atoms. The summed E-state index contributed by atoms with van der Waals surface area (Å²) in [5, 5.41) is 4.94. The zero-order valence-electron chi connectivity index (χ0n) is 12.4. The van der Waals surface area contributed by atoms with Crippen LogP contribution in [0.2, 0.25) is 0 Å². The number of carbonyl (C=O) groups is 2. The van der Waals surface area contributed by atoms with Gasteiger partial charge in [0.15, 0.2) is 9.84 Å². The maximum atomic E-state index is 12.8. The Bertz CT molecular complexity index is 627. The summed E-state index contributed by atoms with van der Waals surface area (Å²) in [6.07, 6.45) is -0.269. The van der Waals surface area contributed by atoms with Gasteiger partial charge < -0.3 is 10.6 Å². The van der Waals surface area contributed by atoms with Crippen molar-refractivity contribution < 1.29 is 22.4 Å². The van der Waals surface area contributed by atoms with Crippen molar-refractivity contribution in [3.8, 4) is 0 Å². The molecular formula is C14H19FN2O4S. The molecule has 0 aliphatic carbocycles. The van der Waals surface area contributed by atoms with Gasteiger partial charge in [0.2, 0.25) is 11.8 Å². The van der Waals surface area contributed by atoms with Crippen LogP contribution in [0, 0.1) is 5.82 Å². The first kappa shape index (κ1) is 18.1. The van der Waals surface area contributed by atoms with Crippen molar-refractivity contribution in [3.05, 3.63) is 30.1 Å². The molecular weight excluding hydrogens is 311 g/mol. The summed E-state index contributed by atoms with van der Waals surface area (Å²) in [5.74, 6) is -1.82. The molecule has 0 aliphatic rings. The second kappa shape index (κ2) is 7.88. The monoisotopic (exact) mass is 330 g/mol. The van der Waals surface area contributed by atoms with Crippen molar-refractivity contribution in [3.63, 3.8) is 0 Å². The van der Waals surface area contributed by atoms with Crippen molar-refractivity contribution in [1.82, 2.24) is 10.6 Å². The van der Waals surface area contributed by atoms with Crippen LogP contribution in [0.4, 0.5) is 4.39 Å². The molecule has 0 saturated heterocycles. The second-order valence-electron chi connectivity index (χ2n) is 5.02. The predicted octanol–water partition coefficient (Wildman–Crippen LogP) is 0.630. The highest BCUT2D eigenvalue weighted by atomic mass is 32.2. The second-order valence-corrected chi connectivity index (χ2v) is 7.13. The lowest BCUT2D eigenvalue weighted by atomic mass is 10.3. The van der Waals surface area contributed by atoms with E-state index in [0.29, 0.717) is 0 Å². The van der Waals surface area contributed by atoms with Gasteiger partial charge in [-0.05, 0) is 38.1 Å². The third-order valence-electron chi connectivity index (χ3n) is 2.67. The van der Waals surface area contributed by atoms with Gasteiger partial charge in [0.25, 0.3) is 0 Å². The smallest absolute Gasteiger partial charge is 0.239 e. The summed E-state index contributed by atoms with van der Waals surface area (Å²) >= 11 is 0. The van der Waals surface area contributed by atoms with E-state index < -0.39 is 27.3 Å². The molecule has 0 saturated carbocycles. The average molecular weight is 330 g/mol. The maximum absolute atomic E-state index is 12.8. The SMILES string of the molecule is CC(C)NC(=O)CNC(=O)CCS(=O)(=O)c1ccc(F)cc1. The fraction of sp³-hybridized carbons (Fsp3) is 0.429. The number of hydrogen-bond donors (Lipinski definition) is 2. The Morgan fingerprint density at radius 1 is 1.14 bits per heavy atom. The average Bonchev–Trinajstić information content (AvgIpc) is 2.43. The van der Waals surface area contributed by atoms with E-state index in [1.165, 1.54) is 0 Å². The van der Waals surface area contributed by atoms with Gasteiger partial charge in [-0.15, -0.1) is 0 Å². The van der Waals surface area contributed by atoms with Gasteiger partial charge >= 0.3 is 0 Å². The highest BCUT2D eigenvalue weighted by molar-refractivity contribution is 7.91. The fourth-order valence-corrected chi connectivity index (χ4v) is 2.87. The van der Waals surface area contributed by atoms with Gasteiger partial charge in [0.1, 0.15) is 5.82 Å². The lowest BCUT2D eigenvalue weighted by Crippen LogP contribution is -2.40. The van der Waals surface area contributed by atoms with Crippen LogP contribution in [0.3, 0.4) is 0 Å². The summed E-state index contributed by atoms with van der Waals surface area (Å²) in [7, 11) is -3.66. The van der Waals surface area contributed by atoms with Gasteiger partial charge in [0, 0.05) is 12.5 Å². The van der Waals surface area contributed by atoms with E-state index in [2.05, 4.69) is 10.6 Å². The van der Waals surface area contributed by atoms with Gasteiger partial charge in [-0.2, -0.15) is 0 Å². The van der Waals surface area contributed by atoms with E-state index in [-0.39, 0.29) is 29.8 Å². The van der Waals surface area contributed by atoms with Crippen LogP contribution >= 0.6 is 0 Å². The van der Waals surface area contributed by atoms with E-state index in [1.54, 1.807) is 13.8 Å². The summed E-state index contributed by atoms with van der Waals surface area (Å²) < 4.78 is 36.7. The number of halogens is 1. The van der Waals surface area contributed by atoms with Crippen molar-refractivity contribution in [2.24, 2.45) is 0 Å². The largest absolute Gasteiger partial charge is 0.352 e. The lowest BCUT2D eigenvalue weighted by Gasteiger charge is -2.09. The Morgan fingerprint density at radius 2 is 1.73 bits per heavy atom. The zero-order chi connectivity index (χ0) is 16.8. The molecule has 2 amide bonds. The lowest BCUT2D eigenvalue weighted by molar-refractivity contribution is -0.126. The van der Waals surface area contributed by atoms with Gasteiger partial charge in [-0.1, -0.05) is 0 Å². The highest BCUT2D eigenvalue weighted by Gasteiger charge is 2.17. The van der Waals surface area contributed by atoms with Crippen molar-refractivity contribution in [1.29, 1.82) is 0 Å². The van der Waals surface area contributed by atoms with Crippen LogP contribution in [0.15, 0.2) is 29.2 Å². The molecule has 0 fully saturated rings. The summed E-state index contributed by atoms with van der Waals surface area (Å²) in [4.78, 5) is 22.8. The standard InChI is InChI=1S/C14H19FN2O4S/c1-10(2)17-14(19)9-16-13(18)7-8-22(20,21)12-5-3-11(15)4-6-12/h3-6,10H,7-9H2,1-2H3,(H,16,18)(H,17,19). The summed E-state index contributed by atoms with van der Waals surface area (Å²) in [6.45, 7) is 3.37. The number of sulfone groups is 1. The van der Waals surface area contributed by atoms with Crippen LogP contribution in [-0.2, 0) is 19.4 Å². The topological polar surface area (TPSA) is 92.3 Å². The first-order chi connectivity index (χ1) is 10.2. The molecule has 1 rings (SSSR count). The summed E-state index contributed by atoms with van der Waals surface area (Å²) in [5.41, 5.74) is 0. The Hall–Kier alpha value is -1.96. The van der Waals surface area contributed by atoms with Crippen LogP contribution in [-0.4, -0.2) is 38.6 Å². The molecule has 0 aliphatic heterocycles. The predicted molar refractivity (Wildman–Crippen MR) is 79.4 cm³/mol. The van der Waals surface area contributed by atoms with E-state index in [0.717, 1.165) is 24.3 Å². The minimum Gasteiger partial charge on any atom is -0.352 e. The number of rotatable bonds is 7. The molecule has 2 N–H and O–H groups in total. The van der Waals surface area contributed by atoms with Gasteiger partial charge in [0.05, 0.1) is 17.2 Å². The molecule has 6 nitrogen and oxygen atoms in total. The van der Waals surface area contributed by atoms with Gasteiger partial charge in [-0.25, -0.2) is 12.8 Å². The summed E-state index contributed by atoms with van der Waals surface area (Å²) in [6, 6.07) is 4.35. The maximum Gasteiger partial charge on any atom is 0.239 e. The minimum absolute atomic E-state index is 0.0387. The number of carbonyl (C=O) groups excluding carboxylic acids is 2. The highest BCUT2D eigenvalue weighted by Crippen LogP contribution is 2.12. The fourth-order valence-electron chi connectivity index (χ4n) is 1.63. The Kier molecular flexibility index (Phi) is 6.48. The van der Waals surface area contributed by atoms with Crippen LogP contribution in [0.25, 0.3) is 0 Å². The molecule has 22 heavy (non-hydrogen) atoms. The molecule has 8 heteroatoms. The minimum atomic E-state index is -3.66. The van der Waals surface area contributed by atoms with Crippen LogP contribution in [0.1, 0.15) is 20.3 Å². The molecule has 0 atom stereocenters. The Labute approximate surface area is 129 Å². The van der Waals surface area contributed by atoms with Crippen molar-refractivity contribution in [2.45, 2.75) is 31.2 Å². The van der Waals surface area contributed by atoms with Crippen molar-refractivity contribution in [2.75, 3.05) is 12.3 Å². The van der Waals surface area contributed by atoms with E-state index >= 15 is 0 Å². The Balaban J connectivity index is 2.46. The molecule has 122 valence electrons. The first-order valence-electron chi connectivity index (χ1n) is 6.75. The van der Waals surface area contributed by atoms with Gasteiger partial charge in [-0.3, -0.25) is 9.59 Å². The Morgan fingerprint density at radius 3 is 2.27 bits per heavy atom. The normalized spacial score (nSPS) is 11.3. The zero-order valence-corrected chi connectivity index (χ0v) is 13.2. The van der Waals surface area contributed by atoms with Crippen LogP contribution in [0.5, 0.6) is 0 Å². The number of nitrogens with one attached hydrogen (secondary N) is 2. The molecule has 0 heterocycles. The number of hydrogen-bond acceptors (Lipinski definition) is 4. The molecule has 0 unspecified atom stereocenters. The molecule has 0 bridgehead atoms. The molecule has 1 aromatic carbocycles. The third-order valence-corrected chi connectivity index (χ3v) is 4.40. The number of amides is 2. The van der Waals surface area contributed by atoms with Crippen LogP contribution < -0.4 is 10.6 Å². The molecule has 1 aromatic rings.